The lowest BCUT2D eigenvalue weighted by Gasteiger charge is -2.29. The third kappa shape index (κ3) is 3.67. The van der Waals surface area contributed by atoms with Crippen molar-refractivity contribution in [2.24, 2.45) is 0 Å². The molecule has 4 rings (SSSR count). The zero-order valence-electron chi connectivity index (χ0n) is 14.8. The maximum Gasteiger partial charge on any atom is 0.243 e. The van der Waals surface area contributed by atoms with E-state index in [1.165, 1.54) is 22.5 Å². The molecule has 3 aromatic rings. The van der Waals surface area contributed by atoms with Gasteiger partial charge in [0, 0.05) is 24.0 Å². The summed E-state index contributed by atoms with van der Waals surface area (Å²) in [6.07, 6.45) is 1.09. The third-order valence-electron chi connectivity index (χ3n) is 4.81. The molecule has 0 aliphatic carbocycles. The van der Waals surface area contributed by atoms with Gasteiger partial charge in [-0.3, -0.25) is 0 Å². The number of aromatic nitrogens is 2. The van der Waals surface area contributed by atoms with Crippen LogP contribution in [0.4, 0.5) is 4.39 Å². The van der Waals surface area contributed by atoms with Crippen LogP contribution < -0.4 is 0 Å². The first kappa shape index (κ1) is 19.0. The predicted molar refractivity (Wildman–Crippen MR) is 102 cm³/mol. The molecule has 2 heterocycles. The Bertz CT molecular complexity index is 1080. The minimum Gasteiger partial charge on any atom is -0.339 e. The summed E-state index contributed by atoms with van der Waals surface area (Å²) in [5.41, 5.74) is 0.278. The van der Waals surface area contributed by atoms with Gasteiger partial charge in [-0.15, -0.1) is 0 Å². The standard InChI is InChI=1S/C19H17ClFN3O3S/c20-14-5-7-15(8-6-14)28(25,26)24-11-9-13(10-12-24)19-22-18(23-27-19)16-3-1-2-4-17(16)21/h1-8,13H,9-12H2. The molecule has 0 saturated carbocycles. The molecule has 0 amide bonds. The van der Waals surface area contributed by atoms with Crippen molar-refractivity contribution in [3.8, 4) is 11.4 Å². The molecule has 1 aliphatic heterocycles. The highest BCUT2D eigenvalue weighted by Gasteiger charge is 2.32. The summed E-state index contributed by atoms with van der Waals surface area (Å²) in [7, 11) is -3.57. The van der Waals surface area contributed by atoms with E-state index in [0.29, 0.717) is 36.8 Å². The van der Waals surface area contributed by atoms with Gasteiger partial charge in [-0.2, -0.15) is 9.29 Å². The van der Waals surface area contributed by atoms with E-state index < -0.39 is 15.8 Å². The Morgan fingerprint density at radius 3 is 2.43 bits per heavy atom. The Kier molecular flexibility index (Phi) is 5.18. The lowest BCUT2D eigenvalue weighted by Crippen LogP contribution is -2.37. The first-order valence-electron chi connectivity index (χ1n) is 8.79. The number of hydrogen-bond acceptors (Lipinski definition) is 5. The Morgan fingerprint density at radius 2 is 1.75 bits per heavy atom. The minimum atomic E-state index is -3.57. The number of benzene rings is 2. The average Bonchev–Trinajstić information content (AvgIpc) is 3.19. The number of nitrogens with zero attached hydrogens (tertiary/aromatic N) is 3. The average molecular weight is 422 g/mol. The van der Waals surface area contributed by atoms with Crippen molar-refractivity contribution >= 4 is 21.6 Å². The molecule has 146 valence electrons. The van der Waals surface area contributed by atoms with Crippen molar-refractivity contribution in [2.45, 2.75) is 23.7 Å². The summed E-state index contributed by atoms with van der Waals surface area (Å²) < 4.78 is 46.2. The van der Waals surface area contributed by atoms with Gasteiger partial charge in [0.2, 0.25) is 21.7 Å². The molecule has 2 aromatic carbocycles. The van der Waals surface area contributed by atoms with Crippen LogP contribution in [0.3, 0.4) is 0 Å². The van der Waals surface area contributed by atoms with Gasteiger partial charge in [-0.25, -0.2) is 12.8 Å². The third-order valence-corrected chi connectivity index (χ3v) is 6.98. The SMILES string of the molecule is O=S(=O)(c1ccc(Cl)cc1)N1CCC(c2nc(-c3ccccc3F)no2)CC1. The van der Waals surface area contributed by atoms with Crippen LogP contribution in [0.15, 0.2) is 57.9 Å². The van der Waals surface area contributed by atoms with E-state index in [1.54, 1.807) is 30.3 Å². The highest BCUT2D eigenvalue weighted by Crippen LogP contribution is 2.31. The van der Waals surface area contributed by atoms with Gasteiger partial charge in [-0.05, 0) is 49.2 Å². The Balaban J connectivity index is 1.46. The van der Waals surface area contributed by atoms with Crippen molar-refractivity contribution < 1.29 is 17.3 Å². The smallest absolute Gasteiger partial charge is 0.243 e. The number of sulfonamides is 1. The van der Waals surface area contributed by atoms with Crippen molar-refractivity contribution in [1.29, 1.82) is 0 Å². The topological polar surface area (TPSA) is 76.3 Å². The Hall–Kier alpha value is -2.29. The molecule has 28 heavy (non-hydrogen) atoms. The number of halogens is 2. The van der Waals surface area contributed by atoms with E-state index in [1.807, 2.05) is 0 Å². The number of piperidine rings is 1. The lowest BCUT2D eigenvalue weighted by molar-refractivity contribution is 0.271. The monoisotopic (exact) mass is 421 g/mol. The summed E-state index contributed by atoms with van der Waals surface area (Å²) in [5, 5.41) is 4.36. The second-order valence-electron chi connectivity index (χ2n) is 6.57. The van der Waals surface area contributed by atoms with Crippen molar-refractivity contribution in [2.75, 3.05) is 13.1 Å². The van der Waals surface area contributed by atoms with Crippen molar-refractivity contribution in [3.05, 3.63) is 65.3 Å². The summed E-state index contributed by atoms with van der Waals surface area (Å²) in [6, 6.07) is 12.3. The van der Waals surface area contributed by atoms with Gasteiger partial charge in [0.1, 0.15) is 5.82 Å². The molecule has 0 radical (unpaired) electrons. The normalized spacial score (nSPS) is 16.4. The Morgan fingerprint density at radius 1 is 1.07 bits per heavy atom. The van der Waals surface area contributed by atoms with Gasteiger partial charge in [0.25, 0.3) is 0 Å². The van der Waals surface area contributed by atoms with Crippen LogP contribution in [0.1, 0.15) is 24.7 Å². The van der Waals surface area contributed by atoms with Crippen LogP contribution >= 0.6 is 11.6 Å². The molecule has 1 aliphatic rings. The van der Waals surface area contributed by atoms with Crippen LogP contribution in [0, 0.1) is 5.82 Å². The molecule has 0 bridgehead atoms. The zero-order valence-corrected chi connectivity index (χ0v) is 16.3. The fourth-order valence-corrected chi connectivity index (χ4v) is 4.85. The first-order valence-corrected chi connectivity index (χ1v) is 10.6. The zero-order chi connectivity index (χ0) is 19.7. The molecule has 0 N–H and O–H groups in total. The molecule has 0 unspecified atom stereocenters. The number of rotatable bonds is 4. The van der Waals surface area contributed by atoms with E-state index in [-0.39, 0.29) is 22.2 Å². The summed E-state index contributed by atoms with van der Waals surface area (Å²) in [5.74, 6) is 0.120. The van der Waals surface area contributed by atoms with Gasteiger partial charge < -0.3 is 4.52 Å². The molecule has 0 spiro atoms. The van der Waals surface area contributed by atoms with Gasteiger partial charge in [0.15, 0.2) is 0 Å². The van der Waals surface area contributed by atoms with Crippen LogP contribution in [-0.4, -0.2) is 36.0 Å². The van der Waals surface area contributed by atoms with Crippen LogP contribution in [0.2, 0.25) is 5.02 Å². The van der Waals surface area contributed by atoms with Gasteiger partial charge in [0.05, 0.1) is 10.5 Å². The van der Waals surface area contributed by atoms with Gasteiger partial charge in [-0.1, -0.05) is 28.9 Å². The van der Waals surface area contributed by atoms with Crippen LogP contribution in [0.5, 0.6) is 0 Å². The maximum absolute atomic E-state index is 13.9. The molecule has 9 heteroatoms. The van der Waals surface area contributed by atoms with Crippen LogP contribution in [-0.2, 0) is 10.0 Å². The molecular weight excluding hydrogens is 405 g/mol. The van der Waals surface area contributed by atoms with E-state index in [0.717, 1.165) is 0 Å². The van der Waals surface area contributed by atoms with E-state index >= 15 is 0 Å². The largest absolute Gasteiger partial charge is 0.339 e. The predicted octanol–water partition coefficient (Wildman–Crippen LogP) is 4.10. The van der Waals surface area contributed by atoms with E-state index in [2.05, 4.69) is 10.1 Å². The summed E-state index contributed by atoms with van der Waals surface area (Å²) in [6.45, 7) is 0.681. The lowest BCUT2D eigenvalue weighted by atomic mass is 9.98. The second-order valence-corrected chi connectivity index (χ2v) is 8.94. The van der Waals surface area contributed by atoms with E-state index in [9.17, 15) is 12.8 Å². The molecule has 1 fully saturated rings. The second kappa shape index (κ2) is 7.62. The molecule has 1 aromatic heterocycles. The molecule has 0 atom stereocenters. The quantitative estimate of drug-likeness (QED) is 0.634. The highest BCUT2D eigenvalue weighted by molar-refractivity contribution is 7.89. The first-order chi connectivity index (χ1) is 13.4. The van der Waals surface area contributed by atoms with Gasteiger partial charge >= 0.3 is 0 Å². The molecule has 6 nitrogen and oxygen atoms in total. The summed E-state index contributed by atoms with van der Waals surface area (Å²) >= 11 is 5.84. The van der Waals surface area contributed by atoms with E-state index in [4.69, 9.17) is 16.1 Å². The van der Waals surface area contributed by atoms with Crippen molar-refractivity contribution in [3.63, 3.8) is 0 Å². The van der Waals surface area contributed by atoms with Crippen molar-refractivity contribution in [1.82, 2.24) is 14.4 Å². The van der Waals surface area contributed by atoms with Crippen LogP contribution in [0.25, 0.3) is 11.4 Å². The highest BCUT2D eigenvalue weighted by atomic mass is 35.5. The minimum absolute atomic E-state index is 0.0651. The number of hydrogen-bond donors (Lipinski definition) is 0. The Labute approximate surface area is 167 Å². The fraction of sp³-hybridized carbons (Fsp3) is 0.263. The maximum atomic E-state index is 13.9. The fourth-order valence-electron chi connectivity index (χ4n) is 3.25. The summed E-state index contributed by atoms with van der Waals surface area (Å²) in [4.78, 5) is 4.54. The molecular formula is C19H17ClFN3O3S. The molecule has 1 saturated heterocycles.